The van der Waals surface area contributed by atoms with Gasteiger partial charge in [0.05, 0.1) is 18.3 Å². The van der Waals surface area contributed by atoms with Crippen LogP contribution in [0, 0.1) is 23.2 Å². The molecule has 1 amide bonds. The molecule has 2 saturated carbocycles. The summed E-state index contributed by atoms with van der Waals surface area (Å²) in [6.45, 7) is 11.4. The number of amides is 1. The number of ether oxygens (including phenoxy) is 4. The first-order valence-corrected chi connectivity index (χ1v) is 22.0. The Morgan fingerprint density at radius 1 is 0.905 bits per heavy atom. The van der Waals surface area contributed by atoms with Crippen LogP contribution in [-0.4, -0.2) is 92.6 Å². The number of esters is 1. The van der Waals surface area contributed by atoms with Crippen molar-refractivity contribution in [2.24, 2.45) is 28.9 Å². The number of carboxylic acid groups (broad SMARTS) is 2. The van der Waals surface area contributed by atoms with Crippen LogP contribution in [0.5, 0.6) is 0 Å². The smallest absolute Gasteiger partial charge is 0.481 e. The van der Waals surface area contributed by atoms with Crippen LogP contribution in [0.2, 0.25) is 0 Å². The van der Waals surface area contributed by atoms with Crippen LogP contribution in [0.15, 0.2) is 84.0 Å². The molecule has 5 aliphatic rings. The maximum atomic E-state index is 13.6. The largest absolute Gasteiger partial charge is 0.506 e. The third-order valence-electron chi connectivity index (χ3n) is 12.6. The summed E-state index contributed by atoms with van der Waals surface area (Å²) < 4.78 is 21.2. The van der Waals surface area contributed by atoms with Crippen LogP contribution in [0.1, 0.15) is 122 Å². The van der Waals surface area contributed by atoms with E-state index in [0.717, 1.165) is 36.8 Å². The van der Waals surface area contributed by atoms with Gasteiger partial charge in [0.15, 0.2) is 5.78 Å². The summed E-state index contributed by atoms with van der Waals surface area (Å²) in [5, 5.41) is 40.3. The normalized spacial score (nSPS) is 28.6. The molecule has 0 spiro atoms. The second kappa shape index (κ2) is 22.5. The number of allylic oxidation sites excluding steroid dienone is 2. The fourth-order valence-electron chi connectivity index (χ4n) is 9.42. The van der Waals surface area contributed by atoms with Gasteiger partial charge in [-0.1, -0.05) is 80.4 Å². The molecule has 8 atom stereocenters. The predicted octanol–water partition coefficient (Wildman–Crippen LogP) is 8.22. The summed E-state index contributed by atoms with van der Waals surface area (Å²) >= 11 is 0. The first-order chi connectivity index (χ1) is 29.7. The van der Waals surface area contributed by atoms with Crippen molar-refractivity contribution in [3.05, 3.63) is 95.1 Å². The van der Waals surface area contributed by atoms with Crippen molar-refractivity contribution < 1.29 is 63.3 Å². The topological polar surface area (TPSA) is 229 Å². The summed E-state index contributed by atoms with van der Waals surface area (Å²) in [6.07, 6.45) is 8.01. The predicted molar refractivity (Wildman–Crippen MR) is 235 cm³/mol. The van der Waals surface area contributed by atoms with Gasteiger partial charge in [0.2, 0.25) is 0 Å². The highest BCUT2D eigenvalue weighted by Crippen LogP contribution is 2.58. The molecule has 0 aromatic heterocycles. The van der Waals surface area contributed by atoms with E-state index in [0.29, 0.717) is 43.4 Å². The highest BCUT2D eigenvalue weighted by Gasteiger charge is 2.65. The molecule has 14 heteroatoms. The number of Topliss-reactive ketones (excluding diaryl/α,β-unsaturated/α-hetero) is 1. The Balaban J connectivity index is 0.000000229. The van der Waals surface area contributed by atoms with E-state index in [1.54, 1.807) is 45.0 Å². The number of carbonyl (C=O) groups excluding carboxylic acids is 3. The van der Waals surface area contributed by atoms with Crippen molar-refractivity contribution in [3.63, 3.8) is 0 Å². The van der Waals surface area contributed by atoms with Crippen molar-refractivity contribution in [2.75, 3.05) is 6.61 Å². The van der Waals surface area contributed by atoms with Crippen molar-refractivity contribution in [2.45, 2.75) is 148 Å². The van der Waals surface area contributed by atoms with Crippen LogP contribution in [0.25, 0.3) is 0 Å². The highest BCUT2D eigenvalue weighted by molar-refractivity contribution is 5.91. The molecule has 4 aliphatic carbocycles. The molecule has 1 heterocycles. The number of primary amides is 1. The summed E-state index contributed by atoms with van der Waals surface area (Å²) in [4.78, 5) is 57.2. The van der Waals surface area contributed by atoms with Gasteiger partial charge >= 0.3 is 24.2 Å². The van der Waals surface area contributed by atoms with Crippen LogP contribution in [0.3, 0.4) is 0 Å². The molecule has 6 unspecified atom stereocenters. The summed E-state index contributed by atoms with van der Waals surface area (Å²) in [5.74, 6) is -2.30. The quantitative estimate of drug-likeness (QED) is 0.105. The number of carboxylic acids is 1. The maximum absolute atomic E-state index is 13.6. The number of rotatable bonds is 6. The van der Waals surface area contributed by atoms with E-state index in [1.807, 2.05) is 69.3 Å². The van der Waals surface area contributed by atoms with E-state index >= 15 is 0 Å². The van der Waals surface area contributed by atoms with Gasteiger partial charge in [0.1, 0.15) is 29.5 Å². The number of aryl methyl sites for hydroxylation is 1. The number of fused-ring (bicyclic) bond motifs is 5. The summed E-state index contributed by atoms with van der Waals surface area (Å²) in [7, 11) is 0. The molecule has 7 rings (SSSR count). The van der Waals surface area contributed by atoms with E-state index in [2.05, 4.69) is 9.47 Å². The number of aliphatic hydroxyl groups excluding tert-OH is 1. The summed E-state index contributed by atoms with van der Waals surface area (Å²) in [6, 6.07) is 18.4. The highest BCUT2D eigenvalue weighted by atomic mass is 16.7. The lowest BCUT2D eigenvalue weighted by molar-refractivity contribution is -0.240. The number of hydrogen-bond donors (Lipinski definition) is 5. The molecule has 6 N–H and O–H groups in total. The van der Waals surface area contributed by atoms with Crippen molar-refractivity contribution >= 4 is 30.0 Å². The maximum Gasteiger partial charge on any atom is 0.506 e. The summed E-state index contributed by atoms with van der Waals surface area (Å²) in [5.41, 5.74) is 4.94. The minimum atomic E-state index is -1.41. The molecule has 2 aromatic carbocycles. The van der Waals surface area contributed by atoms with Crippen LogP contribution < -0.4 is 5.73 Å². The number of carbonyl (C=O) groups is 5. The van der Waals surface area contributed by atoms with Gasteiger partial charge in [-0.15, -0.1) is 0 Å². The van der Waals surface area contributed by atoms with Gasteiger partial charge in [-0.05, 0) is 115 Å². The number of ketones is 1. The molecule has 3 fully saturated rings. The Labute approximate surface area is 370 Å². The number of aliphatic hydroxyl groups is 2. The SMILES string of the molecule is CC(C)(C)OC(N)=O.CC1=C2C(O)C(=O)C3CCC4OC[C@H]4C3[C@H](OC(=O)c3ccccc3)C(O)(CC1)C2(C)C.O=C(O)CCc1ccccc1.O=C(O)OC1/C=C/CCCCC1. The van der Waals surface area contributed by atoms with E-state index in [1.165, 1.54) is 12.8 Å². The molecular formula is C49H67NO13. The van der Waals surface area contributed by atoms with Crippen molar-refractivity contribution in [1.29, 1.82) is 0 Å². The Bertz CT molecular complexity index is 1920. The third-order valence-corrected chi connectivity index (χ3v) is 12.6. The molecular weight excluding hydrogens is 811 g/mol. The van der Waals surface area contributed by atoms with Gasteiger partial charge in [-0.2, -0.15) is 0 Å². The Hall–Kier alpha value is -5.05. The fourth-order valence-corrected chi connectivity index (χ4v) is 9.42. The molecule has 2 bridgehead atoms. The van der Waals surface area contributed by atoms with Gasteiger partial charge in [0.25, 0.3) is 0 Å². The lowest BCUT2D eigenvalue weighted by Gasteiger charge is -2.60. The van der Waals surface area contributed by atoms with E-state index in [-0.39, 0.29) is 36.2 Å². The number of benzene rings is 2. The average molecular weight is 878 g/mol. The number of nitrogens with two attached hydrogens (primary N) is 1. The Morgan fingerprint density at radius 3 is 2.11 bits per heavy atom. The van der Waals surface area contributed by atoms with Gasteiger partial charge in [-0.25, -0.2) is 14.4 Å². The third kappa shape index (κ3) is 13.7. The standard InChI is InChI=1S/C26H32O6.C9H14O3.C9H10O2.C5H11NO2/c1-14-11-12-26(30)23(32-24(29)15-7-5-4-6-8-15)19-16(9-10-18-17(19)13-31-18)21(27)22(28)20(14)25(26,2)3;10-9(11)12-8-6-4-2-1-3-5-7-8;10-9(11)7-6-8-4-2-1-3-5-8;1-5(2,3)8-4(6)7/h4-8,16-19,22-23,28,30H,9-13H2,1-3H3;4,6,8H,1-3,5,7H2,(H,10,11);1-5H,6-7H2,(H,10,11);1-3H3,(H2,6,7)/b;6-4+;;/t16?,17-,18?,19?,22?,23+,26?;;;/m1.../s1. The zero-order chi connectivity index (χ0) is 46.5. The molecule has 2 aromatic rings. The zero-order valence-electron chi connectivity index (χ0n) is 37.5. The zero-order valence-corrected chi connectivity index (χ0v) is 37.5. The van der Waals surface area contributed by atoms with E-state index in [9.17, 15) is 34.2 Å². The Kier molecular flexibility index (Phi) is 18.1. The lowest BCUT2D eigenvalue weighted by Crippen LogP contribution is -2.69. The second-order valence-electron chi connectivity index (χ2n) is 18.4. The minimum absolute atomic E-state index is 0.00518. The van der Waals surface area contributed by atoms with E-state index < -0.39 is 58.9 Å². The second-order valence-corrected chi connectivity index (χ2v) is 18.4. The molecule has 1 saturated heterocycles. The average Bonchev–Trinajstić information content (AvgIpc) is 3.18. The lowest BCUT2D eigenvalue weighted by atomic mass is 9.50. The van der Waals surface area contributed by atoms with Crippen LogP contribution in [0.4, 0.5) is 9.59 Å². The van der Waals surface area contributed by atoms with E-state index in [4.69, 9.17) is 25.4 Å². The molecule has 14 nitrogen and oxygen atoms in total. The van der Waals surface area contributed by atoms with Crippen LogP contribution >= 0.6 is 0 Å². The number of hydrogen-bond acceptors (Lipinski definition) is 11. The fraction of sp³-hybridized carbons (Fsp3) is 0.571. The molecule has 346 valence electrons. The molecule has 63 heavy (non-hydrogen) atoms. The Morgan fingerprint density at radius 2 is 1.56 bits per heavy atom. The molecule has 0 radical (unpaired) electrons. The van der Waals surface area contributed by atoms with Gasteiger partial charge < -0.3 is 45.1 Å². The van der Waals surface area contributed by atoms with Crippen molar-refractivity contribution in [3.8, 4) is 0 Å². The van der Waals surface area contributed by atoms with Gasteiger partial charge in [-0.3, -0.25) is 9.59 Å². The molecule has 1 aliphatic heterocycles. The van der Waals surface area contributed by atoms with Gasteiger partial charge in [0, 0.05) is 29.6 Å². The monoisotopic (exact) mass is 877 g/mol. The minimum Gasteiger partial charge on any atom is -0.481 e. The first kappa shape index (κ1) is 50.6. The number of aliphatic carboxylic acids is 1. The van der Waals surface area contributed by atoms with Crippen LogP contribution in [-0.2, 0) is 35.0 Å². The van der Waals surface area contributed by atoms with Crippen molar-refractivity contribution in [1.82, 2.24) is 0 Å². The first-order valence-electron chi connectivity index (χ1n) is 22.0.